The second kappa shape index (κ2) is 9.05. The summed E-state index contributed by atoms with van der Waals surface area (Å²) in [6.07, 6.45) is 0.816. The van der Waals surface area contributed by atoms with Crippen molar-refractivity contribution in [1.29, 1.82) is 0 Å². The van der Waals surface area contributed by atoms with Crippen LogP contribution in [0.4, 0.5) is 0 Å². The van der Waals surface area contributed by atoms with E-state index >= 15 is 0 Å². The Morgan fingerprint density at radius 1 is 1.56 bits per heavy atom. The van der Waals surface area contributed by atoms with Gasteiger partial charge in [-0.15, -0.1) is 24.8 Å². The number of esters is 1. The minimum atomic E-state index is -0.110. The van der Waals surface area contributed by atoms with Crippen LogP contribution in [0.5, 0.6) is 0 Å². The van der Waals surface area contributed by atoms with E-state index in [9.17, 15) is 4.79 Å². The summed E-state index contributed by atoms with van der Waals surface area (Å²) in [4.78, 5) is 13.7. The fraction of sp³-hybridized carbons (Fsp3) is 0.900. The quantitative estimate of drug-likeness (QED) is 0.781. The van der Waals surface area contributed by atoms with E-state index in [4.69, 9.17) is 4.74 Å². The van der Waals surface area contributed by atoms with Crippen LogP contribution >= 0.6 is 24.8 Å². The molecule has 0 aromatic carbocycles. The van der Waals surface area contributed by atoms with Crippen LogP contribution in [0, 0.1) is 0 Å². The summed E-state index contributed by atoms with van der Waals surface area (Å²) in [5.74, 6) is -0.110. The zero-order valence-corrected chi connectivity index (χ0v) is 11.7. The van der Waals surface area contributed by atoms with Gasteiger partial charge in [0.1, 0.15) is 6.04 Å². The molecule has 0 saturated carbocycles. The molecule has 0 aromatic rings. The maximum atomic E-state index is 11.5. The average molecular weight is 273 g/mol. The van der Waals surface area contributed by atoms with Gasteiger partial charge in [-0.2, -0.15) is 0 Å². The number of hydrogen-bond acceptors (Lipinski definition) is 4. The van der Waals surface area contributed by atoms with Crippen LogP contribution in [0.15, 0.2) is 0 Å². The van der Waals surface area contributed by atoms with E-state index in [1.807, 2.05) is 6.92 Å². The van der Waals surface area contributed by atoms with E-state index in [1.165, 1.54) is 7.11 Å². The highest BCUT2D eigenvalue weighted by Gasteiger charge is 2.30. The molecule has 1 aliphatic heterocycles. The summed E-state index contributed by atoms with van der Waals surface area (Å²) in [6, 6.07) is 0.338. The van der Waals surface area contributed by atoms with Crippen molar-refractivity contribution >= 4 is 30.8 Å². The van der Waals surface area contributed by atoms with Crippen molar-refractivity contribution in [2.75, 3.05) is 26.7 Å². The number of rotatable bonds is 3. The highest BCUT2D eigenvalue weighted by atomic mass is 35.5. The first kappa shape index (κ1) is 18.3. The molecule has 2 atom stereocenters. The van der Waals surface area contributed by atoms with Crippen LogP contribution in [-0.4, -0.2) is 49.7 Å². The lowest BCUT2D eigenvalue weighted by molar-refractivity contribution is -0.148. The lowest BCUT2D eigenvalue weighted by Gasteiger charge is -2.38. The average Bonchev–Trinajstić information content (AvgIpc) is 2.21. The molecule has 6 heteroatoms. The molecule has 2 unspecified atom stereocenters. The maximum Gasteiger partial charge on any atom is 0.323 e. The van der Waals surface area contributed by atoms with Crippen molar-refractivity contribution in [3.05, 3.63) is 0 Å². The third-order valence-electron chi connectivity index (χ3n) is 2.81. The van der Waals surface area contributed by atoms with Crippen LogP contribution in [0.1, 0.15) is 20.3 Å². The van der Waals surface area contributed by atoms with Crippen LogP contribution in [0.3, 0.4) is 0 Å². The van der Waals surface area contributed by atoms with Crippen LogP contribution < -0.4 is 5.32 Å². The number of carbonyl (C=O) groups excluding carboxylic acids is 1. The largest absolute Gasteiger partial charge is 0.468 e. The molecule has 0 amide bonds. The van der Waals surface area contributed by atoms with E-state index in [-0.39, 0.29) is 36.8 Å². The van der Waals surface area contributed by atoms with Gasteiger partial charge in [0.05, 0.1) is 7.11 Å². The Kier molecular flexibility index (Phi) is 10.4. The predicted molar refractivity (Wildman–Crippen MR) is 69.6 cm³/mol. The van der Waals surface area contributed by atoms with E-state index in [0.717, 1.165) is 26.1 Å². The van der Waals surface area contributed by atoms with Crippen molar-refractivity contribution < 1.29 is 9.53 Å². The molecule has 1 N–H and O–H groups in total. The molecule has 16 heavy (non-hydrogen) atoms. The van der Waals surface area contributed by atoms with Gasteiger partial charge in [0.25, 0.3) is 0 Å². The highest BCUT2D eigenvalue weighted by molar-refractivity contribution is 5.85. The Balaban J connectivity index is 0. The first-order valence-corrected chi connectivity index (χ1v) is 5.25. The van der Waals surface area contributed by atoms with Crippen LogP contribution in [0.2, 0.25) is 0 Å². The molecular formula is C10H22Cl2N2O2. The zero-order chi connectivity index (χ0) is 10.6. The lowest BCUT2D eigenvalue weighted by atomic mass is 10.1. The van der Waals surface area contributed by atoms with Crippen LogP contribution in [0.25, 0.3) is 0 Å². The third-order valence-corrected chi connectivity index (χ3v) is 2.81. The Hall–Kier alpha value is -0.0300. The lowest BCUT2D eigenvalue weighted by Crippen LogP contribution is -2.56. The van der Waals surface area contributed by atoms with Gasteiger partial charge in [0, 0.05) is 25.7 Å². The van der Waals surface area contributed by atoms with Crippen molar-refractivity contribution in [3.8, 4) is 0 Å². The number of halogens is 2. The monoisotopic (exact) mass is 272 g/mol. The fourth-order valence-corrected chi connectivity index (χ4v) is 1.99. The van der Waals surface area contributed by atoms with Crippen molar-refractivity contribution in [1.82, 2.24) is 10.2 Å². The standard InChI is InChI=1S/C10H20N2O2.2ClH/c1-4-9(10(13)14-3)12-6-5-11-7-8(12)2;;/h8-9,11H,4-7H2,1-3H3;2*1H. The number of piperazine rings is 1. The van der Waals surface area contributed by atoms with E-state index in [1.54, 1.807) is 0 Å². The molecule has 1 fully saturated rings. The summed E-state index contributed by atoms with van der Waals surface area (Å²) in [5, 5.41) is 3.31. The Bertz CT molecular complexity index is 205. The molecule has 1 rings (SSSR count). The molecule has 4 nitrogen and oxygen atoms in total. The topological polar surface area (TPSA) is 41.6 Å². The van der Waals surface area contributed by atoms with Crippen molar-refractivity contribution in [2.45, 2.75) is 32.4 Å². The van der Waals surface area contributed by atoms with Gasteiger partial charge in [0.15, 0.2) is 0 Å². The number of carbonyl (C=O) groups is 1. The number of ether oxygens (including phenoxy) is 1. The SMILES string of the molecule is CCC(C(=O)OC)N1CCNCC1C.Cl.Cl. The van der Waals surface area contributed by atoms with Gasteiger partial charge in [-0.1, -0.05) is 6.92 Å². The Morgan fingerprint density at radius 3 is 2.62 bits per heavy atom. The molecule has 1 aliphatic rings. The second-order valence-electron chi connectivity index (χ2n) is 3.74. The van der Waals surface area contributed by atoms with Crippen molar-refractivity contribution in [2.24, 2.45) is 0 Å². The Labute approximate surface area is 110 Å². The summed E-state index contributed by atoms with van der Waals surface area (Å²) in [7, 11) is 1.46. The molecule has 1 heterocycles. The number of nitrogens with zero attached hydrogens (tertiary/aromatic N) is 1. The molecule has 0 aromatic heterocycles. The third kappa shape index (κ3) is 4.45. The van der Waals surface area contributed by atoms with E-state index in [2.05, 4.69) is 17.1 Å². The molecule has 98 valence electrons. The smallest absolute Gasteiger partial charge is 0.323 e. The fourth-order valence-electron chi connectivity index (χ4n) is 1.99. The summed E-state index contributed by atoms with van der Waals surface area (Å²) in [6.45, 7) is 6.99. The summed E-state index contributed by atoms with van der Waals surface area (Å²) >= 11 is 0. The Morgan fingerprint density at radius 2 is 2.19 bits per heavy atom. The number of nitrogens with one attached hydrogen (secondary N) is 1. The number of hydrogen-bond donors (Lipinski definition) is 1. The minimum Gasteiger partial charge on any atom is -0.468 e. The maximum absolute atomic E-state index is 11.5. The first-order chi connectivity index (χ1) is 6.70. The molecule has 0 radical (unpaired) electrons. The zero-order valence-electron chi connectivity index (χ0n) is 10.1. The summed E-state index contributed by atoms with van der Waals surface area (Å²) < 4.78 is 4.80. The van der Waals surface area contributed by atoms with Gasteiger partial charge in [-0.3, -0.25) is 9.69 Å². The molecule has 0 bridgehead atoms. The highest BCUT2D eigenvalue weighted by Crippen LogP contribution is 2.12. The molecule has 0 spiro atoms. The van der Waals surface area contributed by atoms with E-state index in [0.29, 0.717) is 6.04 Å². The molecular weight excluding hydrogens is 251 g/mol. The predicted octanol–water partition coefficient (Wildman–Crippen LogP) is 1.08. The normalized spacial score (nSPS) is 22.6. The van der Waals surface area contributed by atoms with Gasteiger partial charge in [-0.25, -0.2) is 0 Å². The van der Waals surface area contributed by atoms with Gasteiger partial charge in [-0.05, 0) is 13.3 Å². The van der Waals surface area contributed by atoms with Crippen molar-refractivity contribution in [3.63, 3.8) is 0 Å². The van der Waals surface area contributed by atoms with Gasteiger partial charge < -0.3 is 10.1 Å². The van der Waals surface area contributed by atoms with Gasteiger partial charge in [0.2, 0.25) is 0 Å². The van der Waals surface area contributed by atoms with Gasteiger partial charge >= 0.3 is 5.97 Å². The van der Waals surface area contributed by atoms with Crippen LogP contribution in [-0.2, 0) is 9.53 Å². The first-order valence-electron chi connectivity index (χ1n) is 5.25. The minimum absolute atomic E-state index is 0. The second-order valence-corrected chi connectivity index (χ2v) is 3.74. The molecule has 1 saturated heterocycles. The molecule has 0 aliphatic carbocycles. The number of methoxy groups -OCH3 is 1. The van der Waals surface area contributed by atoms with E-state index < -0.39 is 0 Å². The summed E-state index contributed by atoms with van der Waals surface area (Å²) in [5.41, 5.74) is 0.